The van der Waals surface area contributed by atoms with E-state index < -0.39 is 0 Å². The third kappa shape index (κ3) is 3.62. The molecular weight excluding hydrogens is 234 g/mol. The minimum Gasteiger partial charge on any atom is -0.492 e. The van der Waals surface area contributed by atoms with Gasteiger partial charge in [-0.25, -0.2) is 0 Å². The second-order valence-corrected chi connectivity index (χ2v) is 5.16. The first-order valence-corrected chi connectivity index (χ1v) is 6.71. The maximum Gasteiger partial charge on any atom is 0.123 e. The third-order valence-corrected chi connectivity index (χ3v) is 3.46. The molecule has 1 aromatic carbocycles. The summed E-state index contributed by atoms with van der Waals surface area (Å²) in [5, 5.41) is 4.22. The summed E-state index contributed by atoms with van der Waals surface area (Å²) in [4.78, 5) is 0. The van der Waals surface area contributed by atoms with Crippen molar-refractivity contribution < 1.29 is 4.74 Å². The van der Waals surface area contributed by atoms with Gasteiger partial charge < -0.3 is 10.1 Å². The van der Waals surface area contributed by atoms with Crippen LogP contribution >= 0.6 is 11.6 Å². The number of rotatable bonds is 6. The topological polar surface area (TPSA) is 21.3 Å². The van der Waals surface area contributed by atoms with Crippen LogP contribution in [0, 0.1) is 12.8 Å². The average Bonchev–Trinajstić information content (AvgIpc) is 3.12. The van der Waals surface area contributed by atoms with Crippen LogP contribution in [0.4, 0.5) is 0 Å². The largest absolute Gasteiger partial charge is 0.492 e. The molecule has 1 aliphatic carbocycles. The quantitative estimate of drug-likeness (QED) is 0.839. The first-order valence-electron chi connectivity index (χ1n) is 6.33. The monoisotopic (exact) mass is 253 g/mol. The highest BCUT2D eigenvalue weighted by Gasteiger charge is 2.31. The van der Waals surface area contributed by atoms with Crippen LogP contribution < -0.4 is 10.1 Å². The summed E-state index contributed by atoms with van der Waals surface area (Å²) >= 11 is 5.97. The average molecular weight is 254 g/mol. The standard InChI is InChI=1S/C14H20ClNO/c1-3-16-13(11-5-6-11)9-17-14-8-12(15)7-4-10(14)2/h4,7-8,11,13,16H,3,5-6,9H2,1-2H3. The molecule has 17 heavy (non-hydrogen) atoms. The molecule has 1 unspecified atom stereocenters. The van der Waals surface area contributed by atoms with Gasteiger partial charge in [-0.1, -0.05) is 24.6 Å². The van der Waals surface area contributed by atoms with Gasteiger partial charge in [-0.3, -0.25) is 0 Å². The number of nitrogens with one attached hydrogen (secondary N) is 1. The number of likely N-dealkylation sites (N-methyl/N-ethyl adjacent to an activating group) is 1. The lowest BCUT2D eigenvalue weighted by molar-refractivity contribution is 0.250. The van der Waals surface area contributed by atoms with Gasteiger partial charge in [0.1, 0.15) is 12.4 Å². The summed E-state index contributed by atoms with van der Waals surface area (Å²) in [6.07, 6.45) is 2.66. The van der Waals surface area contributed by atoms with Crippen molar-refractivity contribution in [2.24, 2.45) is 5.92 Å². The highest BCUT2D eigenvalue weighted by atomic mass is 35.5. The minimum atomic E-state index is 0.485. The second-order valence-electron chi connectivity index (χ2n) is 4.72. The number of benzene rings is 1. The van der Waals surface area contributed by atoms with Crippen molar-refractivity contribution in [1.29, 1.82) is 0 Å². The molecule has 2 rings (SSSR count). The molecule has 3 heteroatoms. The van der Waals surface area contributed by atoms with Gasteiger partial charge in [0.05, 0.1) is 0 Å². The number of ether oxygens (including phenoxy) is 1. The molecule has 1 atom stereocenters. The van der Waals surface area contributed by atoms with E-state index >= 15 is 0 Å². The fraction of sp³-hybridized carbons (Fsp3) is 0.571. The fourth-order valence-corrected chi connectivity index (χ4v) is 2.19. The highest BCUT2D eigenvalue weighted by Crippen LogP contribution is 2.33. The first-order chi connectivity index (χ1) is 8.20. The van der Waals surface area contributed by atoms with E-state index in [1.807, 2.05) is 25.1 Å². The van der Waals surface area contributed by atoms with Gasteiger partial charge in [0.2, 0.25) is 0 Å². The van der Waals surface area contributed by atoms with E-state index in [1.54, 1.807) is 0 Å². The lowest BCUT2D eigenvalue weighted by Gasteiger charge is -2.18. The van der Waals surface area contributed by atoms with Crippen molar-refractivity contribution in [2.45, 2.75) is 32.7 Å². The van der Waals surface area contributed by atoms with Crippen molar-refractivity contribution >= 4 is 11.6 Å². The smallest absolute Gasteiger partial charge is 0.123 e. The van der Waals surface area contributed by atoms with E-state index in [9.17, 15) is 0 Å². The molecule has 0 heterocycles. The molecule has 0 radical (unpaired) electrons. The van der Waals surface area contributed by atoms with Crippen molar-refractivity contribution in [3.05, 3.63) is 28.8 Å². The number of aryl methyl sites for hydroxylation is 1. The molecule has 1 saturated carbocycles. The molecule has 0 saturated heterocycles. The van der Waals surface area contributed by atoms with E-state index in [-0.39, 0.29) is 0 Å². The van der Waals surface area contributed by atoms with Crippen LogP contribution in [0.2, 0.25) is 5.02 Å². The Balaban J connectivity index is 1.93. The lowest BCUT2D eigenvalue weighted by atomic mass is 10.2. The Morgan fingerprint density at radius 1 is 1.47 bits per heavy atom. The molecule has 0 aromatic heterocycles. The van der Waals surface area contributed by atoms with Crippen LogP contribution in [0.1, 0.15) is 25.3 Å². The number of hydrogen-bond donors (Lipinski definition) is 1. The van der Waals surface area contributed by atoms with E-state index in [1.165, 1.54) is 12.8 Å². The molecule has 94 valence electrons. The molecule has 1 fully saturated rings. The zero-order valence-corrected chi connectivity index (χ0v) is 11.3. The predicted molar refractivity (Wildman–Crippen MR) is 71.9 cm³/mol. The summed E-state index contributed by atoms with van der Waals surface area (Å²) < 4.78 is 5.89. The van der Waals surface area contributed by atoms with Crippen LogP contribution in [0.15, 0.2) is 18.2 Å². The van der Waals surface area contributed by atoms with Crippen LogP contribution in [0.5, 0.6) is 5.75 Å². The summed E-state index contributed by atoms with van der Waals surface area (Å²) in [7, 11) is 0. The van der Waals surface area contributed by atoms with Crippen molar-refractivity contribution in [3.63, 3.8) is 0 Å². The Kier molecular flexibility index (Phi) is 4.30. The normalized spacial score (nSPS) is 16.9. The van der Waals surface area contributed by atoms with Crippen molar-refractivity contribution in [2.75, 3.05) is 13.2 Å². The molecule has 1 aromatic rings. The van der Waals surface area contributed by atoms with Gasteiger partial charge >= 0.3 is 0 Å². The van der Waals surface area contributed by atoms with Crippen molar-refractivity contribution in [3.8, 4) is 5.75 Å². The number of halogens is 1. The SMILES string of the molecule is CCNC(COc1cc(Cl)ccc1C)C1CC1. The van der Waals surface area contributed by atoms with Gasteiger partial charge in [-0.2, -0.15) is 0 Å². The van der Waals surface area contributed by atoms with Gasteiger partial charge in [-0.05, 0) is 49.9 Å². The zero-order valence-electron chi connectivity index (χ0n) is 10.5. The van der Waals surface area contributed by atoms with E-state index in [4.69, 9.17) is 16.3 Å². The van der Waals surface area contributed by atoms with Gasteiger partial charge in [0, 0.05) is 11.1 Å². The minimum absolute atomic E-state index is 0.485. The predicted octanol–water partition coefficient (Wildman–Crippen LogP) is 3.42. The molecule has 0 spiro atoms. The van der Waals surface area contributed by atoms with E-state index in [2.05, 4.69) is 12.2 Å². The third-order valence-electron chi connectivity index (χ3n) is 3.23. The Hall–Kier alpha value is -0.730. The second kappa shape index (κ2) is 5.74. The summed E-state index contributed by atoms with van der Waals surface area (Å²) in [5.74, 6) is 1.70. The fourth-order valence-electron chi connectivity index (χ4n) is 2.03. The highest BCUT2D eigenvalue weighted by molar-refractivity contribution is 6.30. The van der Waals surface area contributed by atoms with Gasteiger partial charge in [-0.15, -0.1) is 0 Å². The first kappa shape index (κ1) is 12.7. The maximum atomic E-state index is 5.97. The Morgan fingerprint density at radius 3 is 2.88 bits per heavy atom. The number of hydrogen-bond acceptors (Lipinski definition) is 2. The molecule has 0 amide bonds. The molecule has 0 bridgehead atoms. The molecule has 2 nitrogen and oxygen atoms in total. The molecule has 1 aliphatic rings. The summed E-state index contributed by atoms with van der Waals surface area (Å²) in [6.45, 7) is 5.92. The van der Waals surface area contributed by atoms with Crippen molar-refractivity contribution in [1.82, 2.24) is 5.32 Å². The summed E-state index contributed by atoms with van der Waals surface area (Å²) in [6, 6.07) is 6.27. The van der Waals surface area contributed by atoms with Crippen LogP contribution in [-0.2, 0) is 0 Å². The Labute approximate surface area is 108 Å². The van der Waals surface area contributed by atoms with E-state index in [0.717, 1.165) is 35.4 Å². The Bertz CT molecular complexity index is 376. The van der Waals surface area contributed by atoms with Crippen LogP contribution in [-0.4, -0.2) is 19.2 Å². The van der Waals surface area contributed by atoms with Gasteiger partial charge in [0.15, 0.2) is 0 Å². The molecule has 0 aliphatic heterocycles. The lowest BCUT2D eigenvalue weighted by Crippen LogP contribution is -2.36. The zero-order chi connectivity index (χ0) is 12.3. The van der Waals surface area contributed by atoms with Crippen LogP contribution in [0.3, 0.4) is 0 Å². The molecular formula is C14H20ClNO. The Morgan fingerprint density at radius 2 is 2.24 bits per heavy atom. The molecule has 1 N–H and O–H groups in total. The maximum absolute atomic E-state index is 5.97. The van der Waals surface area contributed by atoms with Crippen LogP contribution in [0.25, 0.3) is 0 Å². The summed E-state index contributed by atoms with van der Waals surface area (Å²) in [5.41, 5.74) is 1.14. The van der Waals surface area contributed by atoms with E-state index in [0.29, 0.717) is 6.04 Å². The van der Waals surface area contributed by atoms with Gasteiger partial charge in [0.25, 0.3) is 0 Å².